The van der Waals surface area contributed by atoms with E-state index < -0.39 is 0 Å². The summed E-state index contributed by atoms with van der Waals surface area (Å²) in [7, 11) is 0. The fourth-order valence-corrected chi connectivity index (χ4v) is 4.19. The molecule has 0 saturated heterocycles. The molecule has 0 bridgehead atoms. The summed E-state index contributed by atoms with van der Waals surface area (Å²) in [6.07, 6.45) is 2.71. The Kier molecular flexibility index (Phi) is 3.88. The first-order chi connectivity index (χ1) is 14.1. The highest BCUT2D eigenvalue weighted by atomic mass is 19.1. The number of hydrogen-bond donors (Lipinski definition) is 0. The Morgan fingerprint density at radius 3 is 1.83 bits per heavy atom. The van der Waals surface area contributed by atoms with Crippen molar-refractivity contribution in [2.45, 2.75) is 13.3 Å². The standard InChI is InChI=1S/C24H15F2N3/c1-2-7-28-23-19-8-13(25)3-5-15(19)17-10-18-16-6-4-14(26)9-20(16)24(29-12-27)22(18)11-21(17)23/h3-6,8-11H,2,7H2,1H3. The minimum atomic E-state index is -0.374. The Hall–Kier alpha value is -3.65. The van der Waals surface area contributed by atoms with Crippen LogP contribution in [0.1, 0.15) is 13.3 Å². The van der Waals surface area contributed by atoms with Crippen LogP contribution in [0.4, 0.5) is 8.78 Å². The summed E-state index contributed by atoms with van der Waals surface area (Å²) in [5, 5.41) is 17.0. The topological polar surface area (TPSA) is 48.5 Å². The van der Waals surface area contributed by atoms with E-state index >= 15 is 0 Å². The predicted octanol–water partition coefficient (Wildman–Crippen LogP) is 5.15. The Morgan fingerprint density at radius 2 is 1.24 bits per heavy atom. The minimum Gasteiger partial charge on any atom is -0.284 e. The third-order valence-electron chi connectivity index (χ3n) is 5.38. The molecule has 140 valence electrons. The van der Waals surface area contributed by atoms with Gasteiger partial charge in [0.05, 0.1) is 10.7 Å². The van der Waals surface area contributed by atoms with Crippen molar-refractivity contribution < 1.29 is 8.78 Å². The minimum absolute atomic E-state index is 0.305. The molecule has 5 aromatic carbocycles. The van der Waals surface area contributed by atoms with Gasteiger partial charge >= 0.3 is 0 Å². The van der Waals surface area contributed by atoms with E-state index in [2.05, 4.69) is 4.99 Å². The number of nitriles is 1. The maximum atomic E-state index is 14.0. The van der Waals surface area contributed by atoms with Crippen molar-refractivity contribution in [3.05, 3.63) is 70.9 Å². The van der Waals surface area contributed by atoms with Crippen LogP contribution in [0.3, 0.4) is 0 Å². The summed E-state index contributed by atoms with van der Waals surface area (Å²) in [4.78, 5) is 8.69. The number of fused-ring (bicyclic) bond motifs is 6. The lowest BCUT2D eigenvalue weighted by atomic mass is 10.1. The number of rotatable bonds is 2. The SMILES string of the molecule is CCCN=c1c2cc(F)ccc2c2cc3c(cc12)c(=NC#N)c1cc(F)ccc13. The molecule has 0 saturated carbocycles. The van der Waals surface area contributed by atoms with Crippen LogP contribution in [0.25, 0.3) is 43.1 Å². The first kappa shape index (κ1) is 17.4. The number of halogens is 2. The average molecular weight is 383 g/mol. The van der Waals surface area contributed by atoms with Crippen LogP contribution in [-0.2, 0) is 0 Å². The number of nitrogens with zero attached hydrogens (tertiary/aromatic N) is 3. The second-order valence-corrected chi connectivity index (χ2v) is 7.11. The van der Waals surface area contributed by atoms with Gasteiger partial charge < -0.3 is 0 Å². The average Bonchev–Trinajstić information content (AvgIpc) is 3.17. The van der Waals surface area contributed by atoms with E-state index in [0.717, 1.165) is 49.5 Å². The monoisotopic (exact) mass is 383 g/mol. The smallest absolute Gasteiger partial charge is 0.206 e. The van der Waals surface area contributed by atoms with E-state index in [0.29, 0.717) is 17.3 Å². The zero-order valence-electron chi connectivity index (χ0n) is 15.6. The molecule has 0 aromatic heterocycles. The summed E-state index contributed by atoms with van der Waals surface area (Å²) in [5.74, 6) is -0.679. The van der Waals surface area contributed by atoms with Gasteiger partial charge in [0.1, 0.15) is 11.6 Å². The zero-order valence-corrected chi connectivity index (χ0v) is 15.6. The lowest BCUT2D eigenvalue weighted by Crippen LogP contribution is -2.02. The first-order valence-corrected chi connectivity index (χ1v) is 9.43. The second kappa shape index (κ2) is 6.46. The van der Waals surface area contributed by atoms with Crippen molar-refractivity contribution in [1.29, 1.82) is 5.26 Å². The Labute approximate surface area is 164 Å². The van der Waals surface area contributed by atoms with Crippen LogP contribution in [0.2, 0.25) is 0 Å². The molecule has 5 heteroatoms. The highest BCUT2D eigenvalue weighted by molar-refractivity contribution is 6.21. The van der Waals surface area contributed by atoms with Gasteiger partial charge in [0, 0.05) is 28.1 Å². The Balaban J connectivity index is 2.06. The van der Waals surface area contributed by atoms with E-state index in [1.807, 2.05) is 25.2 Å². The lowest BCUT2D eigenvalue weighted by Gasteiger charge is -1.96. The second-order valence-electron chi connectivity index (χ2n) is 7.11. The maximum absolute atomic E-state index is 14.0. The van der Waals surface area contributed by atoms with Gasteiger partial charge in [-0.25, -0.2) is 8.78 Å². The molecule has 5 rings (SSSR count). The number of benzene rings is 3. The van der Waals surface area contributed by atoms with E-state index in [4.69, 9.17) is 4.99 Å². The van der Waals surface area contributed by atoms with Crippen LogP contribution in [0.15, 0.2) is 58.5 Å². The van der Waals surface area contributed by atoms with Crippen LogP contribution in [0.5, 0.6) is 0 Å². The number of hydrogen-bond acceptors (Lipinski definition) is 3. The molecule has 0 spiro atoms. The fourth-order valence-electron chi connectivity index (χ4n) is 4.19. The molecule has 0 N–H and O–H groups in total. The molecule has 0 aliphatic rings. The Morgan fingerprint density at radius 1 is 0.724 bits per heavy atom. The molecular formula is C24H15F2N3. The van der Waals surface area contributed by atoms with E-state index in [-0.39, 0.29) is 11.6 Å². The quantitative estimate of drug-likeness (QED) is 0.389. The summed E-state index contributed by atoms with van der Waals surface area (Å²) in [5.41, 5.74) is 0. The summed E-state index contributed by atoms with van der Waals surface area (Å²) >= 11 is 0. The third kappa shape index (κ3) is 2.53. The summed E-state index contributed by atoms with van der Waals surface area (Å²) in [6, 6.07) is 13.2. The normalized spacial score (nSPS) is 13.3. The van der Waals surface area contributed by atoms with Crippen molar-refractivity contribution >= 4 is 43.1 Å². The molecule has 0 fully saturated rings. The zero-order chi connectivity index (χ0) is 20.1. The molecule has 3 nitrogen and oxygen atoms in total. The van der Waals surface area contributed by atoms with Crippen molar-refractivity contribution in [2.24, 2.45) is 9.98 Å². The lowest BCUT2D eigenvalue weighted by molar-refractivity contribution is 0.629. The Bertz CT molecular complexity index is 1600. The molecular weight excluding hydrogens is 368 g/mol. The van der Waals surface area contributed by atoms with Gasteiger partial charge in [0.15, 0.2) is 0 Å². The fraction of sp³-hybridized carbons (Fsp3) is 0.125. The molecule has 0 amide bonds. The molecule has 0 atom stereocenters. The predicted molar refractivity (Wildman–Crippen MR) is 111 cm³/mol. The molecule has 0 unspecified atom stereocenters. The van der Waals surface area contributed by atoms with Gasteiger partial charge in [-0.3, -0.25) is 4.99 Å². The van der Waals surface area contributed by atoms with Crippen molar-refractivity contribution in [2.75, 3.05) is 6.54 Å². The van der Waals surface area contributed by atoms with Gasteiger partial charge in [0.25, 0.3) is 0 Å². The van der Waals surface area contributed by atoms with Gasteiger partial charge in [0.2, 0.25) is 6.19 Å². The molecule has 0 aliphatic heterocycles. The third-order valence-corrected chi connectivity index (χ3v) is 5.38. The van der Waals surface area contributed by atoms with E-state index in [1.54, 1.807) is 12.1 Å². The van der Waals surface area contributed by atoms with Crippen molar-refractivity contribution in [3.8, 4) is 6.19 Å². The molecule has 29 heavy (non-hydrogen) atoms. The molecule has 0 heterocycles. The molecule has 5 aromatic rings. The van der Waals surface area contributed by atoms with Crippen LogP contribution >= 0.6 is 0 Å². The van der Waals surface area contributed by atoms with Gasteiger partial charge in [-0.1, -0.05) is 19.1 Å². The van der Waals surface area contributed by atoms with Crippen LogP contribution < -0.4 is 10.7 Å². The van der Waals surface area contributed by atoms with Crippen LogP contribution in [-0.4, -0.2) is 6.54 Å². The van der Waals surface area contributed by atoms with E-state index in [9.17, 15) is 14.0 Å². The summed E-state index contributed by atoms with van der Waals surface area (Å²) < 4.78 is 27.8. The van der Waals surface area contributed by atoms with Gasteiger partial charge in [-0.15, -0.1) is 0 Å². The highest BCUT2D eigenvalue weighted by Crippen LogP contribution is 2.32. The molecule has 0 radical (unpaired) electrons. The van der Waals surface area contributed by atoms with Gasteiger partial charge in [-0.2, -0.15) is 10.3 Å². The van der Waals surface area contributed by atoms with Crippen LogP contribution in [0, 0.1) is 23.1 Å². The first-order valence-electron chi connectivity index (χ1n) is 9.43. The molecule has 0 aliphatic carbocycles. The highest BCUT2D eigenvalue weighted by Gasteiger charge is 2.15. The largest absolute Gasteiger partial charge is 0.284 e. The summed E-state index contributed by atoms with van der Waals surface area (Å²) in [6.45, 7) is 2.67. The van der Waals surface area contributed by atoms with Crippen molar-refractivity contribution in [3.63, 3.8) is 0 Å². The maximum Gasteiger partial charge on any atom is 0.206 e. The van der Waals surface area contributed by atoms with Gasteiger partial charge in [-0.05, 0) is 64.4 Å². The van der Waals surface area contributed by atoms with Crippen molar-refractivity contribution in [1.82, 2.24) is 0 Å². The van der Waals surface area contributed by atoms with E-state index in [1.165, 1.54) is 24.3 Å².